The molecule has 21 heavy (non-hydrogen) atoms. The number of halogens is 1. The maximum atomic E-state index is 12.0. The van der Waals surface area contributed by atoms with E-state index in [9.17, 15) is 13.2 Å². The van der Waals surface area contributed by atoms with Gasteiger partial charge in [-0.25, -0.2) is 12.7 Å². The second kappa shape index (κ2) is 9.61. The molecule has 1 aliphatic heterocycles. The van der Waals surface area contributed by atoms with Gasteiger partial charge in [0.15, 0.2) is 0 Å². The van der Waals surface area contributed by atoms with Gasteiger partial charge in [-0.2, -0.15) is 0 Å². The fourth-order valence-electron chi connectivity index (χ4n) is 2.40. The van der Waals surface area contributed by atoms with E-state index < -0.39 is 10.0 Å². The Morgan fingerprint density at radius 1 is 1.29 bits per heavy atom. The van der Waals surface area contributed by atoms with E-state index in [2.05, 4.69) is 10.6 Å². The van der Waals surface area contributed by atoms with Crippen LogP contribution in [-0.2, 0) is 14.8 Å². The highest BCUT2D eigenvalue weighted by Gasteiger charge is 2.29. The molecule has 0 aromatic carbocycles. The predicted molar refractivity (Wildman–Crippen MR) is 87.2 cm³/mol. The molecule has 1 saturated heterocycles. The third-order valence-electron chi connectivity index (χ3n) is 3.72. The summed E-state index contributed by atoms with van der Waals surface area (Å²) in [6.45, 7) is 8.11. The summed E-state index contributed by atoms with van der Waals surface area (Å²) in [5, 5.41) is 6.17. The summed E-state index contributed by atoms with van der Waals surface area (Å²) in [4.78, 5) is 12.0. The van der Waals surface area contributed by atoms with Gasteiger partial charge in [0.2, 0.25) is 15.9 Å². The first-order chi connectivity index (χ1) is 9.40. The van der Waals surface area contributed by atoms with Gasteiger partial charge in [0.05, 0.1) is 5.75 Å². The third-order valence-corrected chi connectivity index (χ3v) is 5.60. The van der Waals surface area contributed by atoms with Crippen LogP contribution in [0, 0.1) is 5.92 Å². The fourth-order valence-corrected chi connectivity index (χ4v) is 3.53. The molecule has 0 unspecified atom stereocenters. The van der Waals surface area contributed by atoms with Crippen molar-refractivity contribution in [3.63, 3.8) is 0 Å². The summed E-state index contributed by atoms with van der Waals surface area (Å²) in [7, 11) is -3.11. The minimum atomic E-state index is -3.11. The van der Waals surface area contributed by atoms with E-state index in [0.717, 1.165) is 6.54 Å². The molecule has 0 bridgehead atoms. The number of nitrogens with zero attached hydrogens (tertiary/aromatic N) is 1. The van der Waals surface area contributed by atoms with Crippen LogP contribution in [0.5, 0.6) is 0 Å². The molecular formula is C13H28ClN3O3S. The predicted octanol–water partition coefficient (Wildman–Crippen LogP) is 0.584. The van der Waals surface area contributed by atoms with Crippen LogP contribution in [0.25, 0.3) is 0 Å². The number of piperidine rings is 1. The van der Waals surface area contributed by atoms with Crippen molar-refractivity contribution in [3.05, 3.63) is 0 Å². The molecule has 6 nitrogen and oxygen atoms in total. The molecule has 1 aliphatic rings. The number of hydrogen-bond donors (Lipinski definition) is 2. The quantitative estimate of drug-likeness (QED) is 0.710. The Balaban J connectivity index is 0.00000400. The van der Waals surface area contributed by atoms with Crippen LogP contribution >= 0.6 is 12.4 Å². The van der Waals surface area contributed by atoms with Gasteiger partial charge in [0, 0.05) is 31.6 Å². The van der Waals surface area contributed by atoms with Crippen LogP contribution in [-0.4, -0.2) is 56.6 Å². The number of nitrogens with one attached hydrogen (secondary N) is 2. The van der Waals surface area contributed by atoms with Crippen molar-refractivity contribution >= 4 is 28.3 Å². The zero-order valence-corrected chi connectivity index (χ0v) is 14.7. The standard InChI is InChI=1S/C13H27N3O3S.ClH/c1-4-14-11(3)10-15-13(17)12-6-8-16(9-7-12)20(18,19)5-2;/h11-12,14H,4-10H2,1-3H3,(H,15,17);1H/t11-;/m1./s1. The Morgan fingerprint density at radius 3 is 2.33 bits per heavy atom. The van der Waals surface area contributed by atoms with Crippen LogP contribution in [0.15, 0.2) is 0 Å². The van der Waals surface area contributed by atoms with Crippen molar-refractivity contribution in [2.45, 2.75) is 39.7 Å². The average molecular weight is 342 g/mol. The smallest absolute Gasteiger partial charge is 0.223 e. The molecule has 0 aliphatic carbocycles. The topological polar surface area (TPSA) is 78.5 Å². The van der Waals surface area contributed by atoms with E-state index in [0.29, 0.717) is 32.5 Å². The Kier molecular flexibility index (Phi) is 9.44. The molecule has 1 atom stereocenters. The van der Waals surface area contributed by atoms with Crippen molar-refractivity contribution in [2.24, 2.45) is 5.92 Å². The molecule has 1 rings (SSSR count). The highest BCUT2D eigenvalue weighted by molar-refractivity contribution is 7.89. The summed E-state index contributed by atoms with van der Waals surface area (Å²) in [5.41, 5.74) is 0. The van der Waals surface area contributed by atoms with Gasteiger partial charge < -0.3 is 10.6 Å². The van der Waals surface area contributed by atoms with Crippen molar-refractivity contribution in [1.82, 2.24) is 14.9 Å². The van der Waals surface area contributed by atoms with Crippen LogP contribution in [0.4, 0.5) is 0 Å². The fraction of sp³-hybridized carbons (Fsp3) is 0.923. The second-order valence-corrected chi connectivity index (χ2v) is 7.54. The van der Waals surface area contributed by atoms with Crippen LogP contribution < -0.4 is 10.6 Å². The molecule has 0 saturated carbocycles. The van der Waals surface area contributed by atoms with Crippen LogP contribution in [0.3, 0.4) is 0 Å². The minimum Gasteiger partial charge on any atom is -0.354 e. The number of carbonyl (C=O) groups excluding carboxylic acids is 1. The first-order valence-electron chi connectivity index (χ1n) is 7.39. The number of sulfonamides is 1. The molecule has 0 aromatic rings. The molecule has 2 N–H and O–H groups in total. The Hall–Kier alpha value is -0.370. The van der Waals surface area contributed by atoms with Crippen molar-refractivity contribution in [1.29, 1.82) is 0 Å². The van der Waals surface area contributed by atoms with E-state index in [1.54, 1.807) is 6.92 Å². The average Bonchev–Trinajstić information content (AvgIpc) is 2.45. The number of rotatable bonds is 7. The summed E-state index contributed by atoms with van der Waals surface area (Å²) >= 11 is 0. The zero-order valence-electron chi connectivity index (χ0n) is 13.1. The monoisotopic (exact) mass is 341 g/mol. The van der Waals surface area contributed by atoms with E-state index >= 15 is 0 Å². The number of likely N-dealkylation sites (N-methyl/N-ethyl adjacent to an activating group) is 1. The Morgan fingerprint density at radius 2 is 1.86 bits per heavy atom. The van der Waals surface area contributed by atoms with Gasteiger partial charge in [-0.3, -0.25) is 4.79 Å². The molecule has 8 heteroatoms. The van der Waals surface area contributed by atoms with Gasteiger partial charge in [-0.05, 0) is 33.2 Å². The van der Waals surface area contributed by atoms with Gasteiger partial charge in [0.25, 0.3) is 0 Å². The van der Waals surface area contributed by atoms with Gasteiger partial charge in [0.1, 0.15) is 0 Å². The summed E-state index contributed by atoms with van der Waals surface area (Å²) in [6, 6.07) is 0.254. The van der Waals surface area contributed by atoms with Gasteiger partial charge in [-0.1, -0.05) is 6.92 Å². The maximum absolute atomic E-state index is 12.0. The summed E-state index contributed by atoms with van der Waals surface area (Å²) < 4.78 is 25.0. The van der Waals surface area contributed by atoms with E-state index in [4.69, 9.17) is 0 Å². The number of amides is 1. The van der Waals surface area contributed by atoms with E-state index in [1.807, 2.05) is 13.8 Å². The summed E-state index contributed by atoms with van der Waals surface area (Å²) in [6.07, 6.45) is 1.22. The number of hydrogen-bond acceptors (Lipinski definition) is 4. The lowest BCUT2D eigenvalue weighted by atomic mass is 9.97. The highest BCUT2D eigenvalue weighted by Crippen LogP contribution is 2.19. The van der Waals surface area contributed by atoms with Crippen molar-refractivity contribution in [3.8, 4) is 0 Å². The third kappa shape index (κ3) is 6.50. The first-order valence-corrected chi connectivity index (χ1v) is 9.00. The molecule has 0 spiro atoms. The Bertz CT molecular complexity index is 409. The van der Waals surface area contributed by atoms with Crippen LogP contribution in [0.1, 0.15) is 33.6 Å². The molecular weight excluding hydrogens is 314 g/mol. The molecule has 126 valence electrons. The largest absolute Gasteiger partial charge is 0.354 e. The lowest BCUT2D eigenvalue weighted by molar-refractivity contribution is -0.126. The van der Waals surface area contributed by atoms with Gasteiger partial charge >= 0.3 is 0 Å². The normalized spacial score (nSPS) is 18.8. The molecule has 1 fully saturated rings. The zero-order chi connectivity index (χ0) is 15.2. The second-order valence-electron chi connectivity index (χ2n) is 5.28. The highest BCUT2D eigenvalue weighted by atomic mass is 35.5. The van der Waals surface area contributed by atoms with Crippen molar-refractivity contribution < 1.29 is 13.2 Å². The Labute approximate surface area is 134 Å². The lowest BCUT2D eigenvalue weighted by Gasteiger charge is -2.30. The number of carbonyl (C=O) groups is 1. The van der Waals surface area contributed by atoms with Crippen molar-refractivity contribution in [2.75, 3.05) is 31.9 Å². The minimum absolute atomic E-state index is 0. The summed E-state index contributed by atoms with van der Waals surface area (Å²) in [5.74, 6) is 0.111. The van der Waals surface area contributed by atoms with Gasteiger partial charge in [-0.15, -0.1) is 12.4 Å². The molecule has 0 aromatic heterocycles. The lowest BCUT2D eigenvalue weighted by Crippen LogP contribution is -2.45. The molecule has 1 amide bonds. The van der Waals surface area contributed by atoms with Crippen LogP contribution in [0.2, 0.25) is 0 Å². The van der Waals surface area contributed by atoms with E-state index in [-0.39, 0.29) is 36.0 Å². The first kappa shape index (κ1) is 20.6. The molecule has 0 radical (unpaired) electrons. The van der Waals surface area contributed by atoms with E-state index in [1.165, 1.54) is 4.31 Å². The SMILES string of the molecule is CCN[C@H](C)CNC(=O)C1CCN(S(=O)(=O)CC)CC1.Cl. The molecule has 1 heterocycles. The maximum Gasteiger partial charge on any atom is 0.223 e.